The molecule has 0 bridgehead atoms. The molecular weight excluding hydrogens is 174 g/mol. The number of pyridine rings is 1. The van der Waals surface area contributed by atoms with Crippen LogP contribution >= 0.6 is 0 Å². The first-order chi connectivity index (χ1) is 6.81. The molecule has 2 rings (SSSR count). The fraction of sp³-hybridized carbons (Fsp3) is 0.545. The van der Waals surface area contributed by atoms with Gasteiger partial charge in [-0.05, 0) is 37.3 Å². The van der Waals surface area contributed by atoms with Crippen LogP contribution in [0.5, 0.6) is 0 Å². The van der Waals surface area contributed by atoms with Crippen molar-refractivity contribution < 1.29 is 0 Å². The summed E-state index contributed by atoms with van der Waals surface area (Å²) < 4.78 is 0. The molecule has 1 saturated carbocycles. The number of nitrogens with two attached hydrogens (primary N) is 1. The molecular formula is C11H17N3. The lowest BCUT2D eigenvalue weighted by molar-refractivity contribution is 0.642. The van der Waals surface area contributed by atoms with E-state index in [9.17, 15) is 0 Å². The van der Waals surface area contributed by atoms with Crippen LogP contribution < -0.4 is 11.1 Å². The van der Waals surface area contributed by atoms with Crippen LogP contribution in [0.4, 0.5) is 5.82 Å². The fourth-order valence-corrected chi connectivity index (χ4v) is 1.68. The highest BCUT2D eigenvalue weighted by molar-refractivity contribution is 5.43. The van der Waals surface area contributed by atoms with Crippen molar-refractivity contribution in [3.05, 3.63) is 23.9 Å². The molecule has 76 valence electrons. The van der Waals surface area contributed by atoms with Gasteiger partial charge in [-0.15, -0.1) is 0 Å². The van der Waals surface area contributed by atoms with Crippen molar-refractivity contribution in [2.75, 3.05) is 11.9 Å². The average molecular weight is 191 g/mol. The molecule has 1 aliphatic carbocycles. The number of anilines is 1. The van der Waals surface area contributed by atoms with E-state index in [1.165, 1.54) is 18.4 Å². The van der Waals surface area contributed by atoms with Crippen LogP contribution in [0, 0.1) is 12.8 Å². The van der Waals surface area contributed by atoms with Crippen LogP contribution in [0.1, 0.15) is 18.4 Å². The van der Waals surface area contributed by atoms with Gasteiger partial charge in [0, 0.05) is 18.8 Å². The van der Waals surface area contributed by atoms with Crippen molar-refractivity contribution in [3.63, 3.8) is 0 Å². The van der Waals surface area contributed by atoms with E-state index >= 15 is 0 Å². The minimum atomic E-state index is 0.406. The third kappa shape index (κ3) is 2.04. The molecule has 14 heavy (non-hydrogen) atoms. The van der Waals surface area contributed by atoms with E-state index in [4.69, 9.17) is 5.73 Å². The minimum Gasteiger partial charge on any atom is -0.366 e. The first-order valence-corrected chi connectivity index (χ1v) is 5.19. The highest BCUT2D eigenvalue weighted by Gasteiger charge is 2.30. The van der Waals surface area contributed by atoms with Gasteiger partial charge in [0.05, 0.1) is 0 Å². The summed E-state index contributed by atoms with van der Waals surface area (Å²) in [5.74, 6) is 1.75. The maximum Gasteiger partial charge on any atom is 0.129 e. The van der Waals surface area contributed by atoms with Gasteiger partial charge in [-0.3, -0.25) is 0 Å². The summed E-state index contributed by atoms with van der Waals surface area (Å²) in [5, 5.41) is 3.42. The quantitative estimate of drug-likeness (QED) is 0.759. The highest BCUT2D eigenvalue weighted by Crippen LogP contribution is 2.33. The normalized spacial score (nSPS) is 17.9. The summed E-state index contributed by atoms with van der Waals surface area (Å²) in [7, 11) is 0. The number of aryl methyl sites for hydroxylation is 1. The second-order valence-corrected chi connectivity index (χ2v) is 3.99. The van der Waals surface area contributed by atoms with Gasteiger partial charge >= 0.3 is 0 Å². The molecule has 1 fully saturated rings. The molecule has 1 aromatic rings. The van der Waals surface area contributed by atoms with E-state index in [1.807, 2.05) is 12.3 Å². The van der Waals surface area contributed by atoms with E-state index in [-0.39, 0.29) is 0 Å². The zero-order valence-electron chi connectivity index (χ0n) is 8.53. The minimum absolute atomic E-state index is 0.406. The van der Waals surface area contributed by atoms with E-state index < -0.39 is 0 Å². The molecule has 1 atom stereocenters. The first-order valence-electron chi connectivity index (χ1n) is 5.19. The first kappa shape index (κ1) is 9.46. The molecule has 0 radical (unpaired) electrons. The Hall–Kier alpha value is -1.09. The maximum atomic E-state index is 5.72. The summed E-state index contributed by atoms with van der Waals surface area (Å²) in [6.07, 6.45) is 4.43. The Morgan fingerprint density at radius 2 is 2.43 bits per heavy atom. The topological polar surface area (TPSA) is 50.9 Å². The van der Waals surface area contributed by atoms with Crippen molar-refractivity contribution in [2.45, 2.75) is 25.8 Å². The maximum absolute atomic E-state index is 5.72. The molecule has 1 aromatic heterocycles. The Morgan fingerprint density at radius 3 is 3.00 bits per heavy atom. The van der Waals surface area contributed by atoms with Crippen LogP contribution in [0.15, 0.2) is 18.3 Å². The van der Waals surface area contributed by atoms with E-state index in [0.29, 0.717) is 12.6 Å². The van der Waals surface area contributed by atoms with Crippen molar-refractivity contribution in [1.82, 2.24) is 4.98 Å². The number of nitrogens with zero attached hydrogens (tertiary/aromatic N) is 1. The van der Waals surface area contributed by atoms with Gasteiger partial charge in [0.25, 0.3) is 0 Å². The number of nitrogens with one attached hydrogen (secondary N) is 1. The lowest BCUT2D eigenvalue weighted by Crippen LogP contribution is -2.31. The standard InChI is InChI=1S/C11H17N3/c1-8-3-2-6-13-11(8)14-10(7-12)9-4-5-9/h2-3,6,9-10H,4-5,7,12H2,1H3,(H,13,14). The lowest BCUT2D eigenvalue weighted by Gasteiger charge is -2.17. The number of aromatic nitrogens is 1. The summed E-state index contributed by atoms with van der Waals surface area (Å²) in [5.41, 5.74) is 6.91. The average Bonchev–Trinajstić information content (AvgIpc) is 3.00. The molecule has 1 aliphatic rings. The Labute approximate surface area is 84.7 Å². The van der Waals surface area contributed by atoms with E-state index in [2.05, 4.69) is 23.3 Å². The van der Waals surface area contributed by atoms with Crippen molar-refractivity contribution in [3.8, 4) is 0 Å². The zero-order valence-corrected chi connectivity index (χ0v) is 8.53. The smallest absolute Gasteiger partial charge is 0.129 e. The highest BCUT2D eigenvalue weighted by atomic mass is 15.0. The van der Waals surface area contributed by atoms with Gasteiger partial charge in [0.1, 0.15) is 5.82 Å². The monoisotopic (exact) mass is 191 g/mol. The Kier molecular flexibility index (Phi) is 2.68. The molecule has 0 spiro atoms. The SMILES string of the molecule is Cc1cccnc1NC(CN)C1CC1. The second-order valence-electron chi connectivity index (χ2n) is 3.99. The Morgan fingerprint density at radius 1 is 1.64 bits per heavy atom. The Bertz CT molecular complexity index is 307. The molecule has 1 unspecified atom stereocenters. The van der Waals surface area contributed by atoms with E-state index in [1.54, 1.807) is 0 Å². The van der Waals surface area contributed by atoms with Crippen molar-refractivity contribution in [1.29, 1.82) is 0 Å². The molecule has 3 N–H and O–H groups in total. The van der Waals surface area contributed by atoms with E-state index in [0.717, 1.165) is 11.7 Å². The second kappa shape index (κ2) is 3.96. The Balaban J connectivity index is 2.04. The number of hydrogen-bond donors (Lipinski definition) is 2. The molecule has 0 aliphatic heterocycles. The zero-order chi connectivity index (χ0) is 9.97. The number of hydrogen-bond acceptors (Lipinski definition) is 3. The lowest BCUT2D eigenvalue weighted by atomic mass is 10.2. The van der Waals surface area contributed by atoms with Crippen molar-refractivity contribution in [2.24, 2.45) is 11.7 Å². The van der Waals surface area contributed by atoms with Crippen LogP contribution in [0.25, 0.3) is 0 Å². The fourth-order valence-electron chi connectivity index (χ4n) is 1.68. The summed E-state index contributed by atoms with van der Waals surface area (Å²) in [6, 6.07) is 4.42. The van der Waals surface area contributed by atoms with Gasteiger partial charge in [0.2, 0.25) is 0 Å². The summed E-state index contributed by atoms with van der Waals surface area (Å²) in [6.45, 7) is 2.76. The molecule has 3 nitrogen and oxygen atoms in total. The summed E-state index contributed by atoms with van der Waals surface area (Å²) >= 11 is 0. The molecule has 0 saturated heterocycles. The molecule has 3 heteroatoms. The van der Waals surface area contributed by atoms with Crippen LogP contribution in [-0.2, 0) is 0 Å². The third-order valence-electron chi connectivity index (χ3n) is 2.78. The van der Waals surface area contributed by atoms with Gasteiger partial charge in [-0.2, -0.15) is 0 Å². The molecule has 1 heterocycles. The van der Waals surface area contributed by atoms with Crippen LogP contribution in [-0.4, -0.2) is 17.6 Å². The predicted molar refractivity (Wildman–Crippen MR) is 58.2 cm³/mol. The van der Waals surface area contributed by atoms with Crippen LogP contribution in [0.3, 0.4) is 0 Å². The number of rotatable bonds is 4. The molecule has 0 aromatic carbocycles. The van der Waals surface area contributed by atoms with Crippen LogP contribution in [0.2, 0.25) is 0 Å². The van der Waals surface area contributed by atoms with Gasteiger partial charge < -0.3 is 11.1 Å². The van der Waals surface area contributed by atoms with Crippen molar-refractivity contribution >= 4 is 5.82 Å². The summed E-state index contributed by atoms with van der Waals surface area (Å²) in [4.78, 5) is 4.31. The van der Waals surface area contributed by atoms with Gasteiger partial charge in [0.15, 0.2) is 0 Å². The predicted octanol–water partition coefficient (Wildman–Crippen LogP) is 1.54. The molecule has 0 amide bonds. The van der Waals surface area contributed by atoms with Gasteiger partial charge in [-0.25, -0.2) is 4.98 Å². The third-order valence-corrected chi connectivity index (χ3v) is 2.78. The largest absolute Gasteiger partial charge is 0.366 e. The van der Waals surface area contributed by atoms with Gasteiger partial charge in [-0.1, -0.05) is 6.07 Å².